The fourth-order valence-electron chi connectivity index (χ4n) is 2.70. The molecule has 0 amide bonds. The second-order valence-electron chi connectivity index (χ2n) is 5.97. The van der Waals surface area contributed by atoms with E-state index < -0.39 is 0 Å². The van der Waals surface area contributed by atoms with Crippen molar-refractivity contribution in [3.63, 3.8) is 0 Å². The van der Waals surface area contributed by atoms with Crippen LogP contribution in [0.5, 0.6) is 0 Å². The quantitative estimate of drug-likeness (QED) is 0.839. The molecule has 1 N–H and O–H groups in total. The molecule has 2 rings (SSSR count). The van der Waals surface area contributed by atoms with E-state index in [0.717, 1.165) is 38.8 Å². The molecule has 2 heterocycles. The van der Waals surface area contributed by atoms with Crippen molar-refractivity contribution in [2.45, 2.75) is 39.3 Å². The predicted molar refractivity (Wildman–Crippen MR) is 84.2 cm³/mol. The zero-order valence-corrected chi connectivity index (χ0v) is 13.7. The summed E-state index contributed by atoms with van der Waals surface area (Å²) in [5, 5.41) is 3.68. The fraction of sp³-hybridized carbons (Fsp3) is 0.800. The summed E-state index contributed by atoms with van der Waals surface area (Å²) in [6.45, 7) is 11.7. The maximum Gasteiger partial charge on any atom is 0.0794 e. The molecule has 0 bridgehead atoms. The van der Waals surface area contributed by atoms with Gasteiger partial charge in [-0.2, -0.15) is 0 Å². The van der Waals surface area contributed by atoms with Crippen LogP contribution in [0.3, 0.4) is 0 Å². The number of hydrogen-bond acceptors (Lipinski definition) is 5. The van der Waals surface area contributed by atoms with E-state index in [2.05, 4.69) is 36.0 Å². The lowest BCUT2D eigenvalue weighted by molar-refractivity contribution is 0.0119. The average Bonchev–Trinajstić information content (AvgIpc) is 2.98. The van der Waals surface area contributed by atoms with Gasteiger partial charge in [-0.05, 0) is 19.3 Å². The Bertz CT molecular complexity index is 363. The predicted octanol–water partition coefficient (Wildman–Crippen LogP) is 2.54. The molecule has 2 atom stereocenters. The Hall–Kier alpha value is -0.490. The molecule has 1 aliphatic rings. The summed E-state index contributed by atoms with van der Waals surface area (Å²) < 4.78 is 5.47. The number of thiazole rings is 1. The second-order valence-corrected chi connectivity index (χ2v) is 6.88. The molecule has 4 nitrogen and oxygen atoms in total. The molecule has 1 saturated heterocycles. The minimum atomic E-state index is 0.387. The van der Waals surface area contributed by atoms with Crippen LogP contribution in [0.25, 0.3) is 0 Å². The van der Waals surface area contributed by atoms with Crippen molar-refractivity contribution in [2.24, 2.45) is 5.92 Å². The molecule has 114 valence electrons. The third kappa shape index (κ3) is 4.81. The topological polar surface area (TPSA) is 37.4 Å². The van der Waals surface area contributed by atoms with Crippen LogP contribution < -0.4 is 5.32 Å². The number of nitrogens with zero attached hydrogens (tertiary/aromatic N) is 2. The first-order valence-electron chi connectivity index (χ1n) is 7.60. The number of ether oxygens (including phenoxy) is 1. The Balaban J connectivity index is 1.86. The van der Waals surface area contributed by atoms with Gasteiger partial charge in [-0.1, -0.05) is 13.8 Å². The molecule has 1 aromatic rings. The number of hydrogen-bond donors (Lipinski definition) is 1. The second kappa shape index (κ2) is 8.08. The van der Waals surface area contributed by atoms with Gasteiger partial charge in [0, 0.05) is 42.8 Å². The van der Waals surface area contributed by atoms with E-state index in [4.69, 9.17) is 4.74 Å². The number of morpholine rings is 1. The van der Waals surface area contributed by atoms with Crippen molar-refractivity contribution in [3.05, 3.63) is 16.6 Å². The van der Waals surface area contributed by atoms with Gasteiger partial charge in [0.15, 0.2) is 0 Å². The first-order chi connectivity index (χ1) is 9.66. The van der Waals surface area contributed by atoms with Crippen molar-refractivity contribution >= 4 is 11.3 Å². The largest absolute Gasteiger partial charge is 0.379 e. The van der Waals surface area contributed by atoms with Gasteiger partial charge in [0.2, 0.25) is 0 Å². The molecule has 0 aliphatic carbocycles. The van der Waals surface area contributed by atoms with Gasteiger partial charge in [0.05, 0.1) is 18.7 Å². The monoisotopic (exact) mass is 297 g/mol. The van der Waals surface area contributed by atoms with E-state index in [1.165, 1.54) is 11.3 Å². The van der Waals surface area contributed by atoms with Crippen molar-refractivity contribution in [2.75, 3.05) is 32.8 Å². The van der Waals surface area contributed by atoms with Crippen LogP contribution in [0.2, 0.25) is 0 Å². The first-order valence-corrected chi connectivity index (χ1v) is 8.48. The Labute approximate surface area is 126 Å². The highest BCUT2D eigenvalue weighted by Crippen LogP contribution is 2.18. The maximum atomic E-state index is 5.47. The highest BCUT2D eigenvalue weighted by molar-refractivity contribution is 7.09. The van der Waals surface area contributed by atoms with Gasteiger partial charge >= 0.3 is 0 Å². The molecule has 1 aromatic heterocycles. The van der Waals surface area contributed by atoms with Crippen LogP contribution >= 0.6 is 11.3 Å². The minimum absolute atomic E-state index is 0.387. The minimum Gasteiger partial charge on any atom is -0.379 e. The van der Waals surface area contributed by atoms with Crippen LogP contribution in [0.15, 0.2) is 11.7 Å². The van der Waals surface area contributed by atoms with Crippen LogP contribution in [0, 0.1) is 5.92 Å². The lowest BCUT2D eigenvalue weighted by Crippen LogP contribution is -2.48. The van der Waals surface area contributed by atoms with Crippen molar-refractivity contribution < 1.29 is 4.74 Å². The highest BCUT2D eigenvalue weighted by atomic mass is 32.1. The van der Waals surface area contributed by atoms with Crippen LogP contribution in [0.1, 0.15) is 38.1 Å². The molecule has 5 heteroatoms. The van der Waals surface area contributed by atoms with Crippen molar-refractivity contribution in [1.82, 2.24) is 15.2 Å². The lowest BCUT2D eigenvalue weighted by atomic mass is 10.0. The molecule has 0 saturated carbocycles. The molecule has 0 aromatic carbocycles. The third-order valence-corrected chi connectivity index (χ3v) is 4.80. The highest BCUT2D eigenvalue weighted by Gasteiger charge is 2.22. The Morgan fingerprint density at radius 2 is 2.10 bits per heavy atom. The summed E-state index contributed by atoms with van der Waals surface area (Å²) in [5.41, 5.74) is 1.90. The van der Waals surface area contributed by atoms with Gasteiger partial charge in [-0.3, -0.25) is 9.88 Å². The van der Waals surface area contributed by atoms with E-state index in [9.17, 15) is 0 Å². The molecular formula is C15H27N3OS. The number of aromatic nitrogens is 1. The van der Waals surface area contributed by atoms with E-state index in [0.29, 0.717) is 12.1 Å². The summed E-state index contributed by atoms with van der Waals surface area (Å²) >= 11 is 1.72. The number of rotatable bonds is 7. The zero-order valence-electron chi connectivity index (χ0n) is 12.8. The fourth-order valence-corrected chi connectivity index (χ4v) is 3.35. The summed E-state index contributed by atoms with van der Waals surface area (Å²) in [5.74, 6) is 0.725. The van der Waals surface area contributed by atoms with Crippen LogP contribution in [0.4, 0.5) is 0 Å². The SMILES string of the molecule is CC(C)CC(CNC(C)c1cncs1)N1CCOCC1. The van der Waals surface area contributed by atoms with Gasteiger partial charge in [0.1, 0.15) is 0 Å². The molecular weight excluding hydrogens is 270 g/mol. The molecule has 1 aliphatic heterocycles. The lowest BCUT2D eigenvalue weighted by Gasteiger charge is -2.36. The molecule has 1 fully saturated rings. The van der Waals surface area contributed by atoms with Gasteiger partial charge < -0.3 is 10.1 Å². The average molecular weight is 297 g/mol. The van der Waals surface area contributed by atoms with Crippen molar-refractivity contribution in [1.29, 1.82) is 0 Å². The Kier molecular flexibility index (Phi) is 6.42. The van der Waals surface area contributed by atoms with Gasteiger partial charge in [-0.15, -0.1) is 11.3 Å². The summed E-state index contributed by atoms with van der Waals surface area (Å²) in [6, 6.07) is 0.993. The maximum absolute atomic E-state index is 5.47. The number of nitrogens with one attached hydrogen (secondary N) is 1. The summed E-state index contributed by atoms with van der Waals surface area (Å²) in [4.78, 5) is 8.05. The van der Waals surface area contributed by atoms with E-state index in [-0.39, 0.29) is 0 Å². The van der Waals surface area contributed by atoms with Crippen LogP contribution in [-0.4, -0.2) is 48.8 Å². The molecule has 0 spiro atoms. The molecule has 0 radical (unpaired) electrons. The normalized spacial score (nSPS) is 20.2. The van der Waals surface area contributed by atoms with E-state index >= 15 is 0 Å². The van der Waals surface area contributed by atoms with Crippen LogP contribution in [-0.2, 0) is 4.74 Å². The van der Waals surface area contributed by atoms with Gasteiger partial charge in [0.25, 0.3) is 0 Å². The standard InChI is InChI=1S/C15H27N3OS/c1-12(2)8-14(18-4-6-19-7-5-18)9-17-13(3)15-10-16-11-20-15/h10-14,17H,4-9H2,1-3H3. The van der Waals surface area contributed by atoms with Crippen molar-refractivity contribution in [3.8, 4) is 0 Å². The third-order valence-electron chi connectivity index (χ3n) is 3.84. The smallest absolute Gasteiger partial charge is 0.0794 e. The Morgan fingerprint density at radius 1 is 1.35 bits per heavy atom. The first kappa shape index (κ1) is 15.9. The van der Waals surface area contributed by atoms with E-state index in [1.807, 2.05) is 11.7 Å². The zero-order chi connectivity index (χ0) is 14.4. The molecule has 20 heavy (non-hydrogen) atoms. The van der Waals surface area contributed by atoms with E-state index in [1.54, 1.807) is 11.3 Å². The van der Waals surface area contributed by atoms with Gasteiger partial charge in [-0.25, -0.2) is 0 Å². The summed E-state index contributed by atoms with van der Waals surface area (Å²) in [6.07, 6.45) is 3.21. The summed E-state index contributed by atoms with van der Waals surface area (Å²) in [7, 11) is 0. The Morgan fingerprint density at radius 3 is 2.70 bits per heavy atom. The molecule has 2 unspecified atom stereocenters.